The number of nitrogens with zero attached hydrogens (tertiary/aromatic N) is 4. The second-order valence-corrected chi connectivity index (χ2v) is 7.44. The lowest BCUT2D eigenvalue weighted by atomic mass is 10.1. The molecule has 0 unspecified atom stereocenters. The van der Waals surface area contributed by atoms with E-state index in [2.05, 4.69) is 20.9 Å². The highest BCUT2D eigenvalue weighted by Gasteiger charge is 2.22. The van der Waals surface area contributed by atoms with Crippen molar-refractivity contribution in [1.82, 2.24) is 19.8 Å². The molecule has 4 rings (SSSR count). The summed E-state index contributed by atoms with van der Waals surface area (Å²) in [6.07, 6.45) is 0.604. The Labute approximate surface area is 179 Å². The lowest BCUT2D eigenvalue weighted by Gasteiger charge is -2.34. The molecular weight excluding hydrogens is 394 g/mol. The number of carbonyl (C=O) groups excluding carboxylic acids is 1. The Morgan fingerprint density at radius 1 is 1.16 bits per heavy atom. The normalized spacial score (nSPS) is 14.4. The molecule has 1 aliphatic heterocycles. The number of methoxy groups -OCH3 is 1. The van der Waals surface area contributed by atoms with Gasteiger partial charge < -0.3 is 14.6 Å². The third-order valence-corrected chi connectivity index (χ3v) is 5.55. The minimum Gasteiger partial charge on any atom is -0.494 e. The van der Waals surface area contributed by atoms with Gasteiger partial charge in [-0.3, -0.25) is 14.5 Å². The molecule has 1 fully saturated rings. The molecule has 3 aromatic rings. The molecule has 0 radical (unpaired) electrons. The molecule has 2 aromatic carbocycles. The summed E-state index contributed by atoms with van der Waals surface area (Å²) in [4.78, 5) is 36.6. The maximum atomic E-state index is 12.7. The minimum atomic E-state index is -0.170. The van der Waals surface area contributed by atoms with Crippen LogP contribution in [0.2, 0.25) is 0 Å². The quantitative estimate of drug-likeness (QED) is 0.679. The first-order valence-corrected chi connectivity index (χ1v) is 10.2. The standard InChI is InChI=1S/C23H23N5O3/c1-31-19-4-2-3-18-21(19)25-20(26-22(18)29)9-10-27-11-13-28(14-12-27)23(30)17-7-5-16(15-24)6-8-17/h2-8H,9-14H2,1H3,(H,25,26,29). The zero-order valence-electron chi connectivity index (χ0n) is 17.3. The number of ether oxygens (including phenoxy) is 1. The van der Waals surface area contributed by atoms with Crippen molar-refractivity contribution < 1.29 is 9.53 Å². The number of H-pyrrole nitrogens is 1. The molecule has 0 spiro atoms. The number of fused-ring (bicyclic) bond motifs is 1. The van der Waals surface area contributed by atoms with Gasteiger partial charge >= 0.3 is 0 Å². The fourth-order valence-electron chi connectivity index (χ4n) is 3.77. The zero-order chi connectivity index (χ0) is 21.8. The zero-order valence-corrected chi connectivity index (χ0v) is 17.3. The highest BCUT2D eigenvalue weighted by atomic mass is 16.5. The van der Waals surface area contributed by atoms with Crippen LogP contribution in [-0.4, -0.2) is 65.5 Å². The van der Waals surface area contributed by atoms with Crippen molar-refractivity contribution in [2.24, 2.45) is 0 Å². The van der Waals surface area contributed by atoms with E-state index >= 15 is 0 Å². The summed E-state index contributed by atoms with van der Waals surface area (Å²) in [5.74, 6) is 1.19. The van der Waals surface area contributed by atoms with E-state index in [1.165, 1.54) is 0 Å². The molecule has 0 aliphatic carbocycles. The molecule has 2 heterocycles. The number of carbonyl (C=O) groups is 1. The smallest absolute Gasteiger partial charge is 0.258 e. The first-order chi connectivity index (χ1) is 15.1. The van der Waals surface area contributed by atoms with Crippen molar-refractivity contribution >= 4 is 16.8 Å². The van der Waals surface area contributed by atoms with Crippen molar-refractivity contribution in [3.8, 4) is 11.8 Å². The first kappa shape index (κ1) is 20.6. The Morgan fingerprint density at radius 3 is 2.58 bits per heavy atom. The molecule has 0 atom stereocenters. The highest BCUT2D eigenvalue weighted by molar-refractivity contribution is 5.94. The number of rotatable bonds is 5. The van der Waals surface area contributed by atoms with Gasteiger partial charge in [0.05, 0.1) is 24.1 Å². The maximum Gasteiger partial charge on any atom is 0.258 e. The molecule has 1 N–H and O–H groups in total. The van der Waals surface area contributed by atoms with Gasteiger partial charge in [0.2, 0.25) is 0 Å². The summed E-state index contributed by atoms with van der Waals surface area (Å²) < 4.78 is 5.34. The van der Waals surface area contributed by atoms with Gasteiger partial charge in [-0.05, 0) is 36.4 Å². The van der Waals surface area contributed by atoms with Gasteiger partial charge in [-0.1, -0.05) is 6.07 Å². The number of nitrogens with one attached hydrogen (secondary N) is 1. The maximum absolute atomic E-state index is 12.7. The summed E-state index contributed by atoms with van der Waals surface area (Å²) >= 11 is 0. The predicted molar refractivity (Wildman–Crippen MR) is 116 cm³/mol. The molecule has 1 saturated heterocycles. The van der Waals surface area contributed by atoms with E-state index in [0.29, 0.717) is 53.1 Å². The van der Waals surface area contributed by atoms with Gasteiger partial charge in [-0.15, -0.1) is 0 Å². The second kappa shape index (κ2) is 8.98. The third-order valence-electron chi connectivity index (χ3n) is 5.55. The average molecular weight is 417 g/mol. The molecule has 1 amide bonds. The van der Waals surface area contributed by atoms with Crippen molar-refractivity contribution in [2.75, 3.05) is 39.8 Å². The molecule has 1 aliphatic rings. The fraction of sp³-hybridized carbons (Fsp3) is 0.304. The van der Waals surface area contributed by atoms with E-state index in [-0.39, 0.29) is 11.5 Å². The van der Waals surface area contributed by atoms with Crippen LogP contribution in [0.5, 0.6) is 5.75 Å². The van der Waals surface area contributed by atoms with Crippen LogP contribution >= 0.6 is 0 Å². The second-order valence-electron chi connectivity index (χ2n) is 7.44. The van der Waals surface area contributed by atoms with E-state index in [9.17, 15) is 9.59 Å². The fourth-order valence-corrected chi connectivity index (χ4v) is 3.77. The van der Waals surface area contributed by atoms with Gasteiger partial charge in [0.25, 0.3) is 11.5 Å². The number of amides is 1. The van der Waals surface area contributed by atoms with Gasteiger partial charge in [0.1, 0.15) is 17.1 Å². The third kappa shape index (κ3) is 4.42. The van der Waals surface area contributed by atoms with Gasteiger partial charge in [0, 0.05) is 44.7 Å². The van der Waals surface area contributed by atoms with Crippen molar-refractivity contribution in [3.63, 3.8) is 0 Å². The summed E-state index contributed by atoms with van der Waals surface area (Å²) in [6.45, 7) is 3.51. The Hall–Kier alpha value is -3.70. The summed E-state index contributed by atoms with van der Waals surface area (Å²) in [7, 11) is 1.57. The Morgan fingerprint density at radius 2 is 1.90 bits per heavy atom. The molecule has 158 valence electrons. The summed E-state index contributed by atoms with van der Waals surface area (Å²) in [5, 5.41) is 9.40. The van der Waals surface area contributed by atoms with E-state index < -0.39 is 0 Å². The van der Waals surface area contributed by atoms with Gasteiger partial charge in [-0.25, -0.2) is 4.98 Å². The highest BCUT2D eigenvalue weighted by Crippen LogP contribution is 2.20. The molecule has 1 aromatic heterocycles. The lowest BCUT2D eigenvalue weighted by Crippen LogP contribution is -2.49. The number of nitriles is 1. The van der Waals surface area contributed by atoms with Crippen LogP contribution in [0.15, 0.2) is 47.3 Å². The van der Waals surface area contributed by atoms with E-state index in [1.54, 1.807) is 49.6 Å². The number of benzene rings is 2. The van der Waals surface area contributed by atoms with Crippen LogP contribution in [0.1, 0.15) is 21.7 Å². The monoisotopic (exact) mass is 417 g/mol. The largest absolute Gasteiger partial charge is 0.494 e. The number of para-hydroxylation sites is 1. The lowest BCUT2D eigenvalue weighted by molar-refractivity contribution is 0.0638. The number of aromatic nitrogens is 2. The molecule has 31 heavy (non-hydrogen) atoms. The topological polar surface area (TPSA) is 102 Å². The van der Waals surface area contributed by atoms with Gasteiger partial charge in [-0.2, -0.15) is 5.26 Å². The molecule has 0 bridgehead atoms. The Bertz CT molecular complexity index is 1190. The Balaban J connectivity index is 1.36. The van der Waals surface area contributed by atoms with Crippen LogP contribution in [0.3, 0.4) is 0 Å². The van der Waals surface area contributed by atoms with Crippen LogP contribution in [0.4, 0.5) is 0 Å². The van der Waals surface area contributed by atoms with Crippen LogP contribution in [0, 0.1) is 11.3 Å². The number of hydrogen-bond donors (Lipinski definition) is 1. The average Bonchev–Trinajstić information content (AvgIpc) is 2.82. The number of aromatic amines is 1. The van der Waals surface area contributed by atoms with Crippen molar-refractivity contribution in [2.45, 2.75) is 6.42 Å². The van der Waals surface area contributed by atoms with E-state index in [1.807, 2.05) is 4.90 Å². The van der Waals surface area contributed by atoms with Crippen molar-refractivity contribution in [1.29, 1.82) is 5.26 Å². The number of hydrogen-bond acceptors (Lipinski definition) is 6. The number of piperazine rings is 1. The molecule has 8 heteroatoms. The van der Waals surface area contributed by atoms with Crippen LogP contribution in [-0.2, 0) is 6.42 Å². The van der Waals surface area contributed by atoms with Crippen molar-refractivity contribution in [3.05, 3.63) is 69.8 Å². The molecule has 0 saturated carbocycles. The molecular formula is C23H23N5O3. The predicted octanol–water partition coefficient (Wildman–Crippen LogP) is 1.80. The minimum absolute atomic E-state index is 0.0169. The molecule has 8 nitrogen and oxygen atoms in total. The first-order valence-electron chi connectivity index (χ1n) is 10.2. The summed E-state index contributed by atoms with van der Waals surface area (Å²) in [5.41, 5.74) is 1.54. The van der Waals surface area contributed by atoms with Gasteiger partial charge in [0.15, 0.2) is 0 Å². The van der Waals surface area contributed by atoms with E-state index in [4.69, 9.17) is 10.00 Å². The Kier molecular flexibility index (Phi) is 5.96. The van der Waals surface area contributed by atoms with Crippen LogP contribution in [0.25, 0.3) is 10.9 Å². The van der Waals surface area contributed by atoms with Crippen LogP contribution < -0.4 is 10.3 Å². The van der Waals surface area contributed by atoms with E-state index in [0.717, 1.165) is 19.6 Å². The SMILES string of the molecule is COc1cccc2c(=O)[nH]c(CCN3CCN(C(=O)c4ccc(C#N)cc4)CC3)nc12. The summed E-state index contributed by atoms with van der Waals surface area (Å²) in [6, 6.07) is 14.1.